The molecule has 0 aromatic carbocycles. The van der Waals surface area contributed by atoms with Crippen molar-refractivity contribution in [3.05, 3.63) is 18.1 Å². The molecule has 0 aliphatic carbocycles. The van der Waals surface area contributed by atoms with E-state index >= 15 is 0 Å². The Labute approximate surface area is 83.0 Å². The predicted molar refractivity (Wildman–Crippen MR) is 51.9 cm³/mol. The van der Waals surface area contributed by atoms with Crippen molar-refractivity contribution in [3.63, 3.8) is 0 Å². The standard InChI is InChI=1S/C9H12N4O/c1-13(3-4-14-2)9-7-11-8(5-10)6-12-9/h6-7H,3-4H2,1-2H3. The molecule has 0 aliphatic rings. The molecule has 14 heavy (non-hydrogen) atoms. The van der Waals surface area contributed by atoms with Gasteiger partial charge in [-0.3, -0.25) is 0 Å². The van der Waals surface area contributed by atoms with Crippen molar-refractivity contribution in [3.8, 4) is 6.07 Å². The van der Waals surface area contributed by atoms with Crippen LogP contribution < -0.4 is 4.90 Å². The Kier molecular flexibility index (Phi) is 3.83. The van der Waals surface area contributed by atoms with Gasteiger partial charge in [-0.15, -0.1) is 0 Å². The fourth-order valence-corrected chi connectivity index (χ4v) is 0.919. The van der Waals surface area contributed by atoms with Crippen molar-refractivity contribution < 1.29 is 4.74 Å². The summed E-state index contributed by atoms with van der Waals surface area (Å²) in [7, 11) is 3.55. The van der Waals surface area contributed by atoms with Gasteiger partial charge in [-0.1, -0.05) is 0 Å². The fourth-order valence-electron chi connectivity index (χ4n) is 0.919. The number of ether oxygens (including phenoxy) is 1. The van der Waals surface area contributed by atoms with Crippen LogP contribution in [0.5, 0.6) is 0 Å². The van der Waals surface area contributed by atoms with E-state index in [4.69, 9.17) is 10.00 Å². The number of hydrogen-bond acceptors (Lipinski definition) is 5. The highest BCUT2D eigenvalue weighted by Gasteiger charge is 2.02. The molecule has 5 heteroatoms. The molecule has 0 radical (unpaired) electrons. The molecule has 0 saturated carbocycles. The molecule has 0 unspecified atom stereocenters. The first-order valence-electron chi connectivity index (χ1n) is 4.20. The minimum absolute atomic E-state index is 0.328. The average Bonchev–Trinajstić information content (AvgIpc) is 2.26. The van der Waals surface area contributed by atoms with Gasteiger partial charge in [0.1, 0.15) is 11.9 Å². The second-order valence-corrected chi connectivity index (χ2v) is 2.79. The van der Waals surface area contributed by atoms with Gasteiger partial charge in [-0.25, -0.2) is 9.97 Å². The van der Waals surface area contributed by atoms with Crippen molar-refractivity contribution in [1.29, 1.82) is 5.26 Å². The minimum atomic E-state index is 0.328. The first-order chi connectivity index (χ1) is 6.77. The molecule has 0 fully saturated rings. The van der Waals surface area contributed by atoms with E-state index in [1.807, 2.05) is 18.0 Å². The molecule has 0 atom stereocenters. The summed E-state index contributed by atoms with van der Waals surface area (Å²) < 4.78 is 4.94. The van der Waals surface area contributed by atoms with Crippen molar-refractivity contribution in [2.24, 2.45) is 0 Å². The van der Waals surface area contributed by atoms with Gasteiger partial charge in [0, 0.05) is 20.7 Å². The average molecular weight is 192 g/mol. The van der Waals surface area contributed by atoms with Gasteiger partial charge in [-0.05, 0) is 0 Å². The number of methoxy groups -OCH3 is 1. The third kappa shape index (κ3) is 2.68. The monoisotopic (exact) mass is 192 g/mol. The van der Waals surface area contributed by atoms with Gasteiger partial charge in [0.05, 0.1) is 19.0 Å². The van der Waals surface area contributed by atoms with Crippen molar-refractivity contribution in [2.75, 3.05) is 32.2 Å². The molecule has 0 amide bonds. The Balaban J connectivity index is 2.63. The van der Waals surface area contributed by atoms with Crippen LogP contribution in [0.15, 0.2) is 12.4 Å². The van der Waals surface area contributed by atoms with E-state index < -0.39 is 0 Å². The first kappa shape index (κ1) is 10.4. The molecule has 1 heterocycles. The Hall–Kier alpha value is -1.67. The van der Waals surface area contributed by atoms with Crippen LogP contribution >= 0.6 is 0 Å². The summed E-state index contributed by atoms with van der Waals surface area (Å²) in [5.41, 5.74) is 0.328. The number of nitriles is 1. The highest BCUT2D eigenvalue weighted by molar-refractivity contribution is 5.35. The fraction of sp³-hybridized carbons (Fsp3) is 0.444. The van der Waals surface area contributed by atoms with Crippen LogP contribution in [0.4, 0.5) is 5.82 Å². The zero-order valence-corrected chi connectivity index (χ0v) is 8.27. The lowest BCUT2D eigenvalue weighted by Crippen LogP contribution is -2.23. The summed E-state index contributed by atoms with van der Waals surface area (Å²) in [6.07, 6.45) is 3.03. The summed E-state index contributed by atoms with van der Waals surface area (Å²) in [6.45, 7) is 1.38. The van der Waals surface area contributed by atoms with E-state index in [-0.39, 0.29) is 0 Å². The molecule has 0 bridgehead atoms. The molecular formula is C9H12N4O. The third-order valence-corrected chi connectivity index (χ3v) is 1.77. The number of likely N-dealkylation sites (N-methyl/N-ethyl adjacent to an activating group) is 1. The number of nitrogens with zero attached hydrogens (tertiary/aromatic N) is 4. The number of anilines is 1. The quantitative estimate of drug-likeness (QED) is 0.692. The van der Waals surface area contributed by atoms with E-state index in [0.717, 1.165) is 12.4 Å². The molecule has 0 N–H and O–H groups in total. The highest BCUT2D eigenvalue weighted by atomic mass is 16.5. The van der Waals surface area contributed by atoms with Crippen molar-refractivity contribution in [2.45, 2.75) is 0 Å². The lowest BCUT2D eigenvalue weighted by molar-refractivity contribution is 0.206. The maximum absolute atomic E-state index is 8.52. The Bertz CT molecular complexity index is 317. The van der Waals surface area contributed by atoms with Gasteiger partial charge in [0.15, 0.2) is 5.69 Å². The van der Waals surface area contributed by atoms with Gasteiger partial charge in [0.25, 0.3) is 0 Å². The Morgan fingerprint density at radius 3 is 2.79 bits per heavy atom. The summed E-state index contributed by atoms with van der Waals surface area (Å²) in [6, 6.07) is 1.92. The van der Waals surface area contributed by atoms with Crippen LogP contribution in [0.1, 0.15) is 5.69 Å². The van der Waals surface area contributed by atoms with Crippen LogP contribution in [-0.4, -0.2) is 37.3 Å². The van der Waals surface area contributed by atoms with E-state index in [9.17, 15) is 0 Å². The molecule has 1 aromatic heterocycles. The number of hydrogen-bond donors (Lipinski definition) is 0. The van der Waals surface area contributed by atoms with Gasteiger partial charge in [0.2, 0.25) is 0 Å². The third-order valence-electron chi connectivity index (χ3n) is 1.77. The van der Waals surface area contributed by atoms with E-state index in [2.05, 4.69) is 9.97 Å². The van der Waals surface area contributed by atoms with Crippen molar-refractivity contribution >= 4 is 5.82 Å². The maximum atomic E-state index is 8.52. The molecule has 5 nitrogen and oxygen atoms in total. The smallest absolute Gasteiger partial charge is 0.158 e. The lowest BCUT2D eigenvalue weighted by Gasteiger charge is -2.16. The highest BCUT2D eigenvalue weighted by Crippen LogP contribution is 2.05. The number of aromatic nitrogens is 2. The predicted octanol–water partition coefficient (Wildman–Crippen LogP) is 0.431. The van der Waals surface area contributed by atoms with Crippen LogP contribution in [0.3, 0.4) is 0 Å². The van der Waals surface area contributed by atoms with Gasteiger partial charge >= 0.3 is 0 Å². The number of rotatable bonds is 4. The molecule has 1 aromatic rings. The molecule has 1 rings (SSSR count). The second-order valence-electron chi connectivity index (χ2n) is 2.79. The second kappa shape index (κ2) is 5.14. The maximum Gasteiger partial charge on any atom is 0.158 e. The van der Waals surface area contributed by atoms with Crippen LogP contribution in [0, 0.1) is 11.3 Å². The van der Waals surface area contributed by atoms with Crippen LogP contribution in [0.2, 0.25) is 0 Å². The molecule has 0 spiro atoms. The van der Waals surface area contributed by atoms with Crippen LogP contribution in [-0.2, 0) is 4.74 Å². The topological polar surface area (TPSA) is 62.0 Å². The van der Waals surface area contributed by atoms with Gasteiger partial charge < -0.3 is 9.64 Å². The first-order valence-corrected chi connectivity index (χ1v) is 4.20. The molecular weight excluding hydrogens is 180 g/mol. The zero-order chi connectivity index (χ0) is 10.4. The SMILES string of the molecule is COCCN(C)c1cnc(C#N)cn1. The van der Waals surface area contributed by atoms with Crippen LogP contribution in [0.25, 0.3) is 0 Å². The van der Waals surface area contributed by atoms with Crippen molar-refractivity contribution in [1.82, 2.24) is 9.97 Å². The zero-order valence-electron chi connectivity index (χ0n) is 8.27. The normalized spacial score (nSPS) is 9.50. The van der Waals surface area contributed by atoms with E-state index in [1.54, 1.807) is 13.3 Å². The Morgan fingerprint density at radius 1 is 1.50 bits per heavy atom. The Morgan fingerprint density at radius 2 is 2.29 bits per heavy atom. The minimum Gasteiger partial charge on any atom is -0.383 e. The van der Waals surface area contributed by atoms with Gasteiger partial charge in [-0.2, -0.15) is 5.26 Å². The summed E-state index contributed by atoms with van der Waals surface area (Å²) in [5.74, 6) is 0.737. The van der Waals surface area contributed by atoms with E-state index in [1.165, 1.54) is 6.20 Å². The van der Waals surface area contributed by atoms with E-state index in [0.29, 0.717) is 12.3 Å². The summed E-state index contributed by atoms with van der Waals surface area (Å²) >= 11 is 0. The lowest BCUT2D eigenvalue weighted by atomic mass is 10.5. The molecule has 0 saturated heterocycles. The molecule has 0 aliphatic heterocycles. The largest absolute Gasteiger partial charge is 0.383 e. The molecule has 74 valence electrons. The summed E-state index contributed by atoms with van der Waals surface area (Å²) in [4.78, 5) is 9.92. The summed E-state index contributed by atoms with van der Waals surface area (Å²) in [5, 5.41) is 8.52.